The number of carbonyl (C=O) groups is 3. The summed E-state index contributed by atoms with van der Waals surface area (Å²) in [6.45, 7) is 1.73. The van der Waals surface area contributed by atoms with Crippen molar-refractivity contribution in [3.05, 3.63) is 64.7 Å². The van der Waals surface area contributed by atoms with Gasteiger partial charge in [-0.05, 0) is 29.2 Å². The molecule has 0 aliphatic heterocycles. The molecular formula is C20H23BN2O7. The third kappa shape index (κ3) is 6.61. The van der Waals surface area contributed by atoms with Crippen LogP contribution >= 0.6 is 0 Å². The normalized spacial score (nSPS) is 11.4. The van der Waals surface area contributed by atoms with Crippen molar-refractivity contribution in [1.82, 2.24) is 10.6 Å². The van der Waals surface area contributed by atoms with Gasteiger partial charge in [0.25, 0.3) is 0 Å². The van der Waals surface area contributed by atoms with Gasteiger partial charge in [-0.2, -0.15) is 0 Å². The topological polar surface area (TPSA) is 156 Å². The van der Waals surface area contributed by atoms with Crippen LogP contribution in [0.1, 0.15) is 34.0 Å². The summed E-state index contributed by atoms with van der Waals surface area (Å²) in [5, 5.41) is 43.6. The Labute approximate surface area is 173 Å². The fourth-order valence-corrected chi connectivity index (χ4v) is 2.92. The molecule has 0 aromatic heterocycles. The van der Waals surface area contributed by atoms with Gasteiger partial charge in [0.15, 0.2) is 0 Å². The molecule has 0 radical (unpaired) electrons. The number of hydrogen-bond acceptors (Lipinski definition) is 6. The number of benzene rings is 2. The van der Waals surface area contributed by atoms with Crippen LogP contribution in [-0.2, 0) is 29.0 Å². The summed E-state index contributed by atoms with van der Waals surface area (Å²) >= 11 is 0. The van der Waals surface area contributed by atoms with Crippen molar-refractivity contribution in [3.8, 4) is 5.75 Å². The number of carbonyl (C=O) groups excluding carboxylic acids is 2. The van der Waals surface area contributed by atoms with E-state index in [2.05, 4.69) is 10.6 Å². The van der Waals surface area contributed by atoms with Crippen LogP contribution in [0.2, 0.25) is 0 Å². The minimum Gasteiger partial charge on any atom is -0.507 e. The number of carboxylic acids is 1. The van der Waals surface area contributed by atoms with E-state index in [4.69, 9.17) is 5.11 Å². The average molecular weight is 414 g/mol. The minimum atomic E-state index is -1.92. The van der Waals surface area contributed by atoms with E-state index in [9.17, 15) is 29.5 Å². The van der Waals surface area contributed by atoms with Crippen molar-refractivity contribution in [2.24, 2.45) is 0 Å². The lowest BCUT2D eigenvalue weighted by molar-refractivity contribution is -0.121. The summed E-state index contributed by atoms with van der Waals surface area (Å²) in [7, 11) is -1.92. The fraction of sp³-hybridized carbons (Fsp3) is 0.250. The molecule has 9 nitrogen and oxygen atoms in total. The maximum Gasteiger partial charge on any atom is 0.475 e. The molecule has 6 N–H and O–H groups in total. The van der Waals surface area contributed by atoms with E-state index in [-0.39, 0.29) is 29.9 Å². The lowest BCUT2D eigenvalue weighted by Gasteiger charge is -2.19. The Balaban J connectivity index is 2.06. The van der Waals surface area contributed by atoms with E-state index in [0.29, 0.717) is 12.1 Å². The Morgan fingerprint density at radius 2 is 1.73 bits per heavy atom. The van der Waals surface area contributed by atoms with Gasteiger partial charge >= 0.3 is 13.1 Å². The number of rotatable bonds is 9. The molecule has 1 atom stereocenters. The molecule has 2 aromatic carbocycles. The Hall–Kier alpha value is -3.37. The second-order valence-electron chi connectivity index (χ2n) is 6.82. The van der Waals surface area contributed by atoms with Gasteiger partial charge in [0.05, 0.1) is 12.4 Å². The minimum absolute atomic E-state index is 0.0434. The van der Waals surface area contributed by atoms with Gasteiger partial charge in [0.2, 0.25) is 11.8 Å². The molecule has 0 spiro atoms. The zero-order valence-corrected chi connectivity index (χ0v) is 16.3. The number of aromatic carboxylic acids is 1. The molecule has 2 aromatic rings. The van der Waals surface area contributed by atoms with Crippen LogP contribution in [0.5, 0.6) is 5.75 Å². The zero-order chi connectivity index (χ0) is 22.3. The predicted molar refractivity (Wildman–Crippen MR) is 109 cm³/mol. The molecule has 0 heterocycles. The number of carboxylic acid groups (broad SMARTS) is 1. The maximum atomic E-state index is 12.4. The summed E-state index contributed by atoms with van der Waals surface area (Å²) < 4.78 is 0. The zero-order valence-electron chi connectivity index (χ0n) is 16.3. The van der Waals surface area contributed by atoms with Gasteiger partial charge in [0.1, 0.15) is 11.3 Å². The summed E-state index contributed by atoms with van der Waals surface area (Å²) in [5.41, 5.74) is 1.31. The number of hydrogen-bond donors (Lipinski definition) is 6. The van der Waals surface area contributed by atoms with Gasteiger partial charge in [0, 0.05) is 13.5 Å². The van der Waals surface area contributed by atoms with Crippen molar-refractivity contribution < 1.29 is 34.6 Å². The van der Waals surface area contributed by atoms with Crippen LogP contribution in [0.15, 0.2) is 42.5 Å². The van der Waals surface area contributed by atoms with Crippen molar-refractivity contribution in [2.45, 2.75) is 32.3 Å². The summed E-state index contributed by atoms with van der Waals surface area (Å²) in [6.07, 6.45) is -0.225. The number of nitrogens with one attached hydrogen (secondary N) is 2. The molecular weight excluding hydrogens is 391 g/mol. The second-order valence-corrected chi connectivity index (χ2v) is 6.82. The van der Waals surface area contributed by atoms with Gasteiger partial charge in [-0.15, -0.1) is 0 Å². The third-order valence-corrected chi connectivity index (χ3v) is 4.39. The van der Waals surface area contributed by atoms with Gasteiger partial charge < -0.3 is 30.9 Å². The van der Waals surface area contributed by atoms with E-state index in [1.54, 1.807) is 24.3 Å². The smallest absolute Gasteiger partial charge is 0.475 e. The first-order valence-electron chi connectivity index (χ1n) is 9.19. The molecule has 2 amide bonds. The third-order valence-electron chi connectivity index (χ3n) is 4.39. The number of amides is 2. The van der Waals surface area contributed by atoms with Gasteiger partial charge in [-0.25, -0.2) is 4.79 Å². The second kappa shape index (κ2) is 10.4. The summed E-state index contributed by atoms with van der Waals surface area (Å²) in [5.74, 6) is -3.63. The largest absolute Gasteiger partial charge is 0.507 e. The van der Waals surface area contributed by atoms with Crippen molar-refractivity contribution in [3.63, 3.8) is 0 Å². The van der Waals surface area contributed by atoms with Gasteiger partial charge in [-0.1, -0.05) is 36.4 Å². The molecule has 0 saturated carbocycles. The van der Waals surface area contributed by atoms with Crippen LogP contribution in [0.3, 0.4) is 0 Å². The molecule has 158 valence electrons. The molecule has 0 saturated heterocycles. The Bertz CT molecular complexity index is 933. The monoisotopic (exact) mass is 414 g/mol. The van der Waals surface area contributed by atoms with E-state index in [0.717, 1.165) is 5.56 Å². The lowest BCUT2D eigenvalue weighted by Crippen LogP contribution is -2.48. The Morgan fingerprint density at radius 1 is 1.07 bits per heavy atom. The van der Waals surface area contributed by atoms with E-state index in [1.165, 1.54) is 25.1 Å². The first kappa shape index (κ1) is 22.9. The van der Waals surface area contributed by atoms with E-state index in [1.807, 2.05) is 0 Å². The van der Waals surface area contributed by atoms with Crippen molar-refractivity contribution in [2.75, 3.05) is 0 Å². The first-order chi connectivity index (χ1) is 14.2. The fourth-order valence-electron chi connectivity index (χ4n) is 2.92. The van der Waals surface area contributed by atoms with E-state index < -0.39 is 30.7 Å². The quantitative estimate of drug-likeness (QED) is 0.316. The molecule has 0 bridgehead atoms. The van der Waals surface area contributed by atoms with Crippen molar-refractivity contribution >= 4 is 24.9 Å². The average Bonchev–Trinajstić information content (AvgIpc) is 2.67. The summed E-state index contributed by atoms with van der Waals surface area (Å²) in [4.78, 5) is 34.6. The van der Waals surface area contributed by atoms with Crippen LogP contribution in [0.25, 0.3) is 0 Å². The number of phenols is 1. The van der Waals surface area contributed by atoms with Crippen LogP contribution in [-0.4, -0.2) is 51.1 Å². The Morgan fingerprint density at radius 3 is 2.37 bits per heavy atom. The predicted octanol–water partition coefficient (Wildman–Crippen LogP) is 0.00850. The first-order valence-corrected chi connectivity index (χ1v) is 9.19. The van der Waals surface area contributed by atoms with Crippen molar-refractivity contribution in [1.29, 1.82) is 0 Å². The highest BCUT2D eigenvalue weighted by Crippen LogP contribution is 2.24. The van der Waals surface area contributed by atoms with E-state index >= 15 is 0 Å². The molecule has 0 aliphatic carbocycles. The number of para-hydroxylation sites is 1. The van der Waals surface area contributed by atoms with Crippen LogP contribution in [0.4, 0.5) is 0 Å². The molecule has 0 aliphatic rings. The molecule has 30 heavy (non-hydrogen) atoms. The standard InChI is InChI=1S/C20H23BN2O7/c1-12(24)22-11-14-5-2-4-13(8-14)9-18(25)23-17(21(29)30)10-15-6-3-7-16(19(15)26)20(27)28/h2-8,17,26,29-30H,9-11H2,1H3,(H,22,24)(H,23,25)(H,27,28)/t17-/m0/s1. The number of aromatic hydroxyl groups is 1. The van der Waals surface area contributed by atoms with Gasteiger partial charge in [-0.3, -0.25) is 9.59 Å². The highest BCUT2D eigenvalue weighted by Gasteiger charge is 2.27. The molecule has 0 fully saturated rings. The highest BCUT2D eigenvalue weighted by molar-refractivity contribution is 6.43. The van der Waals surface area contributed by atoms with Crippen LogP contribution in [0, 0.1) is 0 Å². The molecule has 0 unspecified atom stereocenters. The maximum absolute atomic E-state index is 12.4. The molecule has 2 rings (SSSR count). The Kier molecular flexibility index (Phi) is 7.96. The summed E-state index contributed by atoms with van der Waals surface area (Å²) in [6, 6.07) is 11.1. The van der Waals surface area contributed by atoms with Crippen LogP contribution < -0.4 is 10.6 Å². The lowest BCUT2D eigenvalue weighted by atomic mass is 9.75. The molecule has 10 heteroatoms. The highest BCUT2D eigenvalue weighted by atomic mass is 16.4. The SMILES string of the molecule is CC(=O)NCc1cccc(CC(=O)N[C@@H](Cc2cccc(C(=O)O)c2O)B(O)O)c1.